The summed E-state index contributed by atoms with van der Waals surface area (Å²) in [5.41, 5.74) is 0. The average Bonchev–Trinajstić information content (AvgIpc) is 2.30. The van der Waals surface area contributed by atoms with Gasteiger partial charge in [-0.05, 0) is 19.3 Å². The molecule has 1 rings (SSSR count). The Morgan fingerprint density at radius 3 is 3.08 bits per heavy atom. The molecule has 0 spiro atoms. The number of aliphatic hydroxyl groups is 1. The van der Waals surface area contributed by atoms with E-state index in [0.717, 1.165) is 32.7 Å². The van der Waals surface area contributed by atoms with E-state index in [1.165, 1.54) is 0 Å². The van der Waals surface area contributed by atoms with Crippen LogP contribution in [0.15, 0.2) is 0 Å². The molecule has 0 aromatic heterocycles. The SMILES string of the molecule is CC(CO)CN1CCCOC(C)C1. The van der Waals surface area contributed by atoms with E-state index in [1.54, 1.807) is 0 Å². The van der Waals surface area contributed by atoms with E-state index in [9.17, 15) is 0 Å². The van der Waals surface area contributed by atoms with E-state index in [4.69, 9.17) is 9.84 Å². The molecule has 13 heavy (non-hydrogen) atoms. The van der Waals surface area contributed by atoms with E-state index in [2.05, 4.69) is 18.7 Å². The van der Waals surface area contributed by atoms with Gasteiger partial charge in [-0.1, -0.05) is 6.92 Å². The normalized spacial score (nSPS) is 28.4. The smallest absolute Gasteiger partial charge is 0.0673 e. The Bertz CT molecular complexity index is 141. The highest BCUT2D eigenvalue weighted by molar-refractivity contribution is 4.68. The molecule has 1 saturated heterocycles. The van der Waals surface area contributed by atoms with Gasteiger partial charge in [-0.25, -0.2) is 0 Å². The van der Waals surface area contributed by atoms with E-state index in [-0.39, 0.29) is 6.61 Å². The number of hydrogen-bond acceptors (Lipinski definition) is 3. The van der Waals surface area contributed by atoms with Crippen LogP contribution >= 0.6 is 0 Å². The third kappa shape index (κ3) is 4.07. The van der Waals surface area contributed by atoms with Gasteiger partial charge in [-0.3, -0.25) is 0 Å². The monoisotopic (exact) mass is 187 g/mol. The van der Waals surface area contributed by atoms with Crippen LogP contribution in [0.2, 0.25) is 0 Å². The number of hydrogen-bond donors (Lipinski definition) is 1. The summed E-state index contributed by atoms with van der Waals surface area (Å²) >= 11 is 0. The first-order chi connectivity index (χ1) is 6.22. The first-order valence-corrected chi connectivity index (χ1v) is 5.17. The lowest BCUT2D eigenvalue weighted by Crippen LogP contribution is -2.34. The van der Waals surface area contributed by atoms with Crippen molar-refractivity contribution < 1.29 is 9.84 Å². The number of rotatable bonds is 3. The van der Waals surface area contributed by atoms with Gasteiger partial charge < -0.3 is 14.7 Å². The van der Waals surface area contributed by atoms with Crippen LogP contribution in [-0.4, -0.2) is 49.0 Å². The quantitative estimate of drug-likeness (QED) is 0.707. The van der Waals surface area contributed by atoms with Gasteiger partial charge in [0, 0.05) is 32.8 Å². The minimum absolute atomic E-state index is 0.283. The standard InChI is InChI=1S/C10H21NO2/c1-9(8-12)6-11-4-3-5-13-10(2)7-11/h9-10,12H,3-8H2,1-2H3. The van der Waals surface area contributed by atoms with Crippen molar-refractivity contribution in [2.45, 2.75) is 26.4 Å². The number of ether oxygens (including phenoxy) is 1. The Kier molecular flexibility index (Phi) is 4.70. The second kappa shape index (κ2) is 5.58. The molecule has 2 unspecified atom stereocenters. The van der Waals surface area contributed by atoms with Crippen LogP contribution in [0.3, 0.4) is 0 Å². The highest BCUT2D eigenvalue weighted by Crippen LogP contribution is 2.07. The maximum atomic E-state index is 8.94. The number of nitrogens with zero attached hydrogens (tertiary/aromatic N) is 1. The molecule has 0 aromatic rings. The second-order valence-electron chi connectivity index (χ2n) is 4.08. The summed E-state index contributed by atoms with van der Waals surface area (Å²) in [5, 5.41) is 8.94. The molecule has 1 heterocycles. The van der Waals surface area contributed by atoms with Crippen LogP contribution in [0, 0.1) is 5.92 Å². The van der Waals surface area contributed by atoms with Crippen LogP contribution in [0.25, 0.3) is 0 Å². The largest absolute Gasteiger partial charge is 0.396 e. The molecule has 0 radical (unpaired) electrons. The molecule has 0 bridgehead atoms. The Hall–Kier alpha value is -0.120. The fourth-order valence-electron chi connectivity index (χ4n) is 1.74. The molecule has 3 nitrogen and oxygen atoms in total. The van der Waals surface area contributed by atoms with Gasteiger partial charge >= 0.3 is 0 Å². The molecular formula is C10H21NO2. The summed E-state index contributed by atoms with van der Waals surface area (Å²) in [6.07, 6.45) is 1.45. The van der Waals surface area contributed by atoms with Crippen molar-refractivity contribution in [2.75, 3.05) is 32.8 Å². The lowest BCUT2D eigenvalue weighted by atomic mass is 10.2. The summed E-state index contributed by atoms with van der Waals surface area (Å²) in [6, 6.07) is 0. The van der Waals surface area contributed by atoms with Crippen molar-refractivity contribution in [1.29, 1.82) is 0 Å². The summed E-state index contributed by atoms with van der Waals surface area (Å²) in [7, 11) is 0. The molecule has 78 valence electrons. The minimum Gasteiger partial charge on any atom is -0.396 e. The lowest BCUT2D eigenvalue weighted by Gasteiger charge is -2.24. The predicted octanol–water partition coefficient (Wildman–Crippen LogP) is 0.726. The summed E-state index contributed by atoms with van der Waals surface area (Å²) in [5.74, 6) is 0.380. The van der Waals surface area contributed by atoms with E-state index >= 15 is 0 Å². The van der Waals surface area contributed by atoms with Crippen LogP contribution < -0.4 is 0 Å². The minimum atomic E-state index is 0.283. The maximum absolute atomic E-state index is 8.94. The maximum Gasteiger partial charge on any atom is 0.0673 e. The Morgan fingerprint density at radius 1 is 1.62 bits per heavy atom. The summed E-state index contributed by atoms with van der Waals surface area (Å²) in [6.45, 7) is 8.46. The summed E-state index contributed by atoms with van der Waals surface area (Å²) < 4.78 is 5.54. The second-order valence-corrected chi connectivity index (χ2v) is 4.08. The van der Waals surface area contributed by atoms with Gasteiger partial charge in [0.2, 0.25) is 0 Å². The molecule has 0 saturated carbocycles. The molecular weight excluding hydrogens is 166 g/mol. The molecule has 1 aliphatic heterocycles. The Labute approximate surface area is 80.7 Å². The highest BCUT2D eigenvalue weighted by Gasteiger charge is 2.16. The van der Waals surface area contributed by atoms with Gasteiger partial charge in [0.15, 0.2) is 0 Å². The van der Waals surface area contributed by atoms with Crippen molar-refractivity contribution in [3.63, 3.8) is 0 Å². The van der Waals surface area contributed by atoms with Crippen LogP contribution in [0.5, 0.6) is 0 Å². The van der Waals surface area contributed by atoms with E-state index < -0.39 is 0 Å². The third-order valence-corrected chi connectivity index (χ3v) is 2.42. The van der Waals surface area contributed by atoms with Gasteiger partial charge in [-0.2, -0.15) is 0 Å². The van der Waals surface area contributed by atoms with Crippen LogP contribution in [0.1, 0.15) is 20.3 Å². The molecule has 0 aromatic carbocycles. The van der Waals surface area contributed by atoms with Crippen LogP contribution in [0.4, 0.5) is 0 Å². The zero-order valence-corrected chi connectivity index (χ0v) is 8.70. The molecule has 0 aliphatic carbocycles. The van der Waals surface area contributed by atoms with E-state index in [0.29, 0.717) is 12.0 Å². The summed E-state index contributed by atoms with van der Waals surface area (Å²) in [4.78, 5) is 2.39. The zero-order valence-electron chi connectivity index (χ0n) is 8.70. The van der Waals surface area contributed by atoms with Crippen molar-refractivity contribution in [3.05, 3.63) is 0 Å². The Morgan fingerprint density at radius 2 is 2.38 bits per heavy atom. The topological polar surface area (TPSA) is 32.7 Å². The fraction of sp³-hybridized carbons (Fsp3) is 1.00. The first kappa shape index (κ1) is 11.0. The lowest BCUT2D eigenvalue weighted by molar-refractivity contribution is 0.0639. The van der Waals surface area contributed by atoms with Crippen LogP contribution in [-0.2, 0) is 4.74 Å². The fourth-order valence-corrected chi connectivity index (χ4v) is 1.74. The average molecular weight is 187 g/mol. The highest BCUT2D eigenvalue weighted by atomic mass is 16.5. The first-order valence-electron chi connectivity index (χ1n) is 5.17. The van der Waals surface area contributed by atoms with Gasteiger partial charge in [-0.15, -0.1) is 0 Å². The molecule has 1 aliphatic rings. The molecule has 2 atom stereocenters. The molecule has 0 amide bonds. The third-order valence-electron chi connectivity index (χ3n) is 2.42. The van der Waals surface area contributed by atoms with Gasteiger partial charge in [0.25, 0.3) is 0 Å². The van der Waals surface area contributed by atoms with Crippen molar-refractivity contribution >= 4 is 0 Å². The number of aliphatic hydroxyl groups excluding tert-OH is 1. The van der Waals surface area contributed by atoms with Gasteiger partial charge in [0.05, 0.1) is 6.10 Å². The van der Waals surface area contributed by atoms with Crippen molar-refractivity contribution in [1.82, 2.24) is 4.90 Å². The van der Waals surface area contributed by atoms with E-state index in [1.807, 2.05) is 0 Å². The van der Waals surface area contributed by atoms with Gasteiger partial charge in [0.1, 0.15) is 0 Å². The molecule has 1 fully saturated rings. The molecule has 1 N–H and O–H groups in total. The predicted molar refractivity (Wildman–Crippen MR) is 52.7 cm³/mol. The Balaban J connectivity index is 2.30. The zero-order chi connectivity index (χ0) is 9.68. The van der Waals surface area contributed by atoms with Crippen molar-refractivity contribution in [3.8, 4) is 0 Å². The molecule has 3 heteroatoms. The van der Waals surface area contributed by atoms with Crippen molar-refractivity contribution in [2.24, 2.45) is 5.92 Å².